The molecule has 5 aromatic carbocycles. The number of anilines is 2. The third kappa shape index (κ3) is 8.05. The van der Waals surface area contributed by atoms with E-state index >= 15 is 0 Å². The Morgan fingerprint density at radius 2 is 1.02 bits per heavy atom. The Labute approximate surface area is 365 Å². The van der Waals surface area contributed by atoms with Crippen molar-refractivity contribution < 1.29 is 38.0 Å². The minimum absolute atomic E-state index is 0.432. The number of ether oxygens (including phenoxy) is 7. The summed E-state index contributed by atoms with van der Waals surface area (Å²) < 4.78 is 38.5. The van der Waals surface area contributed by atoms with Gasteiger partial charge < -0.3 is 48.7 Å². The monoisotopic (exact) mass is 851 g/mol. The van der Waals surface area contributed by atoms with Gasteiger partial charge in [-0.2, -0.15) is 0 Å². The second-order valence-corrected chi connectivity index (χ2v) is 14.9. The zero-order chi connectivity index (χ0) is 44.2. The van der Waals surface area contributed by atoms with E-state index in [1.54, 1.807) is 62.2 Å². The molecule has 4 heterocycles. The first-order valence-electron chi connectivity index (χ1n) is 20.3. The van der Waals surface area contributed by atoms with Crippen molar-refractivity contribution >= 4 is 39.3 Å². The van der Waals surface area contributed by atoms with Crippen molar-refractivity contribution in [2.45, 2.75) is 25.9 Å². The maximum absolute atomic E-state index is 11.6. The number of amides is 1. The van der Waals surface area contributed by atoms with E-state index in [1.807, 2.05) is 36.4 Å². The Morgan fingerprint density at radius 3 is 1.52 bits per heavy atom. The zero-order valence-electron chi connectivity index (χ0n) is 36.4. The van der Waals surface area contributed by atoms with Crippen LogP contribution < -0.4 is 48.7 Å². The van der Waals surface area contributed by atoms with Crippen LogP contribution in [0.3, 0.4) is 0 Å². The molecule has 0 fully saturated rings. The van der Waals surface area contributed by atoms with Crippen LogP contribution in [-0.4, -0.2) is 88.7 Å². The first kappa shape index (κ1) is 42.2. The number of aromatic nitrogens is 4. The quantitative estimate of drug-likeness (QED) is 0.139. The van der Waals surface area contributed by atoms with E-state index in [9.17, 15) is 4.79 Å². The number of benzene rings is 5. The molecule has 2 N–H and O–H groups in total. The van der Waals surface area contributed by atoms with Gasteiger partial charge in [-0.3, -0.25) is 4.79 Å². The lowest BCUT2D eigenvalue weighted by Gasteiger charge is -2.31. The molecule has 0 aliphatic carbocycles. The lowest BCUT2D eigenvalue weighted by molar-refractivity contribution is 0.1000. The molecule has 0 spiro atoms. The van der Waals surface area contributed by atoms with Gasteiger partial charge in [0.15, 0.2) is 23.0 Å². The minimum Gasteiger partial charge on any atom is -0.497 e. The van der Waals surface area contributed by atoms with E-state index in [-0.39, 0.29) is 0 Å². The van der Waals surface area contributed by atoms with Crippen molar-refractivity contribution in [2.75, 3.05) is 72.7 Å². The standard InChI is InChI=1S/C27H27N3O4.C21H22N4O4/c1-31-21-9-7-17(8-10-21)18-5-6-20-15-30(12-11-19(20)13-18)27-22-14-23(32-2)25(33-3)26(34-4)24(22)28-16-29-27;1-27-16-9-15-17(19(29-3)18(16)28-2)23-11-24-21(15)25-7-6-12-4-5-13(20(22)26)8-14(12)10-25/h5-10,13-14,16H,11-12,15H2,1-4H3;4-5,8-9,11H,6-7,10H2,1-3H3,(H2,22,26). The molecular formula is C48H49N7O8. The molecule has 15 heteroatoms. The van der Waals surface area contributed by atoms with Crippen LogP contribution >= 0.6 is 0 Å². The summed E-state index contributed by atoms with van der Waals surface area (Å²) in [7, 11) is 11.2. The van der Waals surface area contributed by atoms with Crippen molar-refractivity contribution in [1.82, 2.24) is 19.9 Å². The SMILES string of the molecule is COc1cc2c(N3CCc4ccc(C(N)=O)cc4C3)ncnc2c(OC)c1OC.COc1ccc(-c2ccc3c(c2)CCN(c2ncnc4c(OC)c(OC)c(OC)cc24)C3)cc1. The molecule has 9 rings (SSSR count). The van der Waals surface area contributed by atoms with E-state index in [1.165, 1.54) is 34.1 Å². The largest absolute Gasteiger partial charge is 0.497 e. The molecule has 2 aliphatic rings. The predicted molar refractivity (Wildman–Crippen MR) is 241 cm³/mol. The molecule has 0 unspecified atom stereocenters. The number of hydrogen-bond acceptors (Lipinski definition) is 14. The molecule has 7 aromatic rings. The lowest BCUT2D eigenvalue weighted by Crippen LogP contribution is -2.31. The summed E-state index contributed by atoms with van der Waals surface area (Å²) in [6.45, 7) is 3.01. The Balaban J connectivity index is 0.000000175. The predicted octanol–water partition coefficient (Wildman–Crippen LogP) is 7.21. The van der Waals surface area contributed by atoms with Crippen LogP contribution in [0.4, 0.5) is 11.6 Å². The van der Waals surface area contributed by atoms with E-state index in [0.717, 1.165) is 66.2 Å². The molecule has 0 bridgehead atoms. The first-order chi connectivity index (χ1) is 30.7. The van der Waals surface area contributed by atoms with Gasteiger partial charge in [-0.1, -0.05) is 36.4 Å². The number of methoxy groups -OCH3 is 7. The highest BCUT2D eigenvalue weighted by Crippen LogP contribution is 2.46. The number of nitrogens with two attached hydrogens (primary N) is 1. The number of carbonyl (C=O) groups excluding carboxylic acids is 1. The number of carbonyl (C=O) groups is 1. The van der Waals surface area contributed by atoms with Crippen LogP contribution in [0.5, 0.6) is 40.2 Å². The maximum Gasteiger partial charge on any atom is 0.248 e. The van der Waals surface area contributed by atoms with Gasteiger partial charge in [-0.05, 0) is 82.6 Å². The lowest BCUT2D eigenvalue weighted by atomic mass is 9.94. The van der Waals surface area contributed by atoms with E-state index in [2.05, 4.69) is 60.1 Å². The molecule has 324 valence electrons. The highest BCUT2D eigenvalue weighted by atomic mass is 16.5. The van der Waals surface area contributed by atoms with Crippen molar-refractivity contribution in [2.24, 2.45) is 5.73 Å². The average molecular weight is 852 g/mol. The Bertz CT molecular complexity index is 2820. The fourth-order valence-corrected chi connectivity index (χ4v) is 8.39. The number of rotatable bonds is 11. The van der Waals surface area contributed by atoms with Gasteiger partial charge in [0.05, 0.1) is 60.5 Å². The Kier molecular flexibility index (Phi) is 12.2. The number of nitrogens with zero attached hydrogens (tertiary/aromatic N) is 6. The molecule has 0 saturated carbocycles. The van der Waals surface area contributed by atoms with Crippen LogP contribution in [0.15, 0.2) is 85.5 Å². The highest BCUT2D eigenvalue weighted by molar-refractivity contribution is 5.98. The summed E-state index contributed by atoms with van der Waals surface area (Å²) in [5.41, 5.74) is 14.6. The van der Waals surface area contributed by atoms with Crippen molar-refractivity contribution in [3.63, 3.8) is 0 Å². The summed E-state index contributed by atoms with van der Waals surface area (Å²) in [4.78, 5) is 34.1. The second-order valence-electron chi connectivity index (χ2n) is 14.9. The zero-order valence-corrected chi connectivity index (χ0v) is 36.4. The molecular weight excluding hydrogens is 803 g/mol. The topological polar surface area (TPSA) is 166 Å². The molecule has 63 heavy (non-hydrogen) atoms. The summed E-state index contributed by atoms with van der Waals surface area (Å²) in [5, 5.41) is 1.67. The third-order valence-electron chi connectivity index (χ3n) is 11.6. The molecule has 0 saturated heterocycles. The molecule has 1 amide bonds. The van der Waals surface area contributed by atoms with Gasteiger partial charge in [0, 0.05) is 31.7 Å². The van der Waals surface area contributed by atoms with Crippen molar-refractivity contribution in [3.8, 4) is 51.4 Å². The van der Waals surface area contributed by atoms with E-state index in [4.69, 9.17) is 38.9 Å². The number of primary amides is 1. The van der Waals surface area contributed by atoms with Crippen LogP contribution in [0.1, 0.15) is 32.6 Å². The normalized spacial score (nSPS) is 13.0. The van der Waals surface area contributed by atoms with Gasteiger partial charge in [0.25, 0.3) is 0 Å². The molecule has 0 atom stereocenters. The molecule has 15 nitrogen and oxygen atoms in total. The van der Waals surface area contributed by atoms with Crippen LogP contribution in [0.25, 0.3) is 32.9 Å². The van der Waals surface area contributed by atoms with Crippen molar-refractivity contribution in [3.05, 3.63) is 113 Å². The van der Waals surface area contributed by atoms with Gasteiger partial charge in [0.2, 0.25) is 17.4 Å². The molecule has 0 radical (unpaired) electrons. The van der Waals surface area contributed by atoms with Gasteiger partial charge in [-0.15, -0.1) is 0 Å². The summed E-state index contributed by atoms with van der Waals surface area (Å²) in [5.74, 6) is 5.24. The first-order valence-corrected chi connectivity index (χ1v) is 20.3. The second kappa shape index (κ2) is 18.2. The fraction of sp³-hybridized carbons (Fsp3) is 0.271. The number of fused-ring (bicyclic) bond motifs is 4. The van der Waals surface area contributed by atoms with Gasteiger partial charge >= 0.3 is 0 Å². The van der Waals surface area contributed by atoms with E-state index < -0.39 is 5.91 Å². The third-order valence-corrected chi connectivity index (χ3v) is 11.6. The Hall–Kier alpha value is -7.55. The van der Waals surface area contributed by atoms with Crippen LogP contribution in [-0.2, 0) is 25.9 Å². The molecule has 2 aromatic heterocycles. The van der Waals surface area contributed by atoms with Gasteiger partial charge in [-0.25, -0.2) is 19.9 Å². The van der Waals surface area contributed by atoms with Crippen LogP contribution in [0, 0.1) is 0 Å². The summed E-state index contributed by atoms with van der Waals surface area (Å²) in [6.07, 6.45) is 4.86. The smallest absolute Gasteiger partial charge is 0.248 e. The highest BCUT2D eigenvalue weighted by Gasteiger charge is 2.26. The van der Waals surface area contributed by atoms with Crippen molar-refractivity contribution in [1.29, 1.82) is 0 Å². The maximum atomic E-state index is 11.6. The number of hydrogen-bond donors (Lipinski definition) is 1. The average Bonchev–Trinajstić information content (AvgIpc) is 3.34. The van der Waals surface area contributed by atoms with Crippen LogP contribution in [0.2, 0.25) is 0 Å². The summed E-state index contributed by atoms with van der Waals surface area (Å²) >= 11 is 0. The fourth-order valence-electron chi connectivity index (χ4n) is 8.39. The van der Waals surface area contributed by atoms with E-state index in [0.29, 0.717) is 57.6 Å². The van der Waals surface area contributed by atoms with Gasteiger partial charge in [0.1, 0.15) is 41.1 Å². The minimum atomic E-state index is -0.432. The summed E-state index contributed by atoms with van der Waals surface area (Å²) in [6, 6.07) is 24.3. The Morgan fingerprint density at radius 1 is 0.508 bits per heavy atom. The molecule has 2 aliphatic heterocycles.